The van der Waals surface area contributed by atoms with E-state index in [-0.39, 0.29) is 17.2 Å². The van der Waals surface area contributed by atoms with Gasteiger partial charge in [0.15, 0.2) is 0 Å². The van der Waals surface area contributed by atoms with E-state index in [0.29, 0.717) is 6.42 Å². The summed E-state index contributed by atoms with van der Waals surface area (Å²) in [6.45, 7) is 6.51. The fourth-order valence-corrected chi connectivity index (χ4v) is 2.38. The van der Waals surface area contributed by atoms with Gasteiger partial charge in [0.25, 0.3) is 0 Å². The second-order valence-corrected chi connectivity index (χ2v) is 6.45. The van der Waals surface area contributed by atoms with Gasteiger partial charge in [0.1, 0.15) is 12.1 Å². The van der Waals surface area contributed by atoms with Gasteiger partial charge in [0, 0.05) is 5.92 Å². The average Bonchev–Trinajstić information content (AvgIpc) is 2.44. The molecule has 21 heavy (non-hydrogen) atoms. The van der Waals surface area contributed by atoms with Crippen molar-refractivity contribution in [3.63, 3.8) is 0 Å². The lowest BCUT2D eigenvalue weighted by molar-refractivity contribution is -0.109. The summed E-state index contributed by atoms with van der Waals surface area (Å²) in [5.74, 6) is -0.608. The van der Waals surface area contributed by atoms with Crippen molar-refractivity contribution in [3.05, 3.63) is 71.0 Å². The molecule has 0 fully saturated rings. The second-order valence-electron chi connectivity index (χ2n) is 6.45. The van der Waals surface area contributed by atoms with Gasteiger partial charge < -0.3 is 4.79 Å². The molecule has 1 unspecified atom stereocenters. The van der Waals surface area contributed by atoms with Crippen molar-refractivity contribution in [1.29, 1.82) is 0 Å². The maximum atomic E-state index is 13.3. The lowest BCUT2D eigenvalue weighted by Crippen LogP contribution is -2.11. The first kappa shape index (κ1) is 15.4. The van der Waals surface area contributed by atoms with Crippen LogP contribution in [0.2, 0.25) is 0 Å². The Labute approximate surface area is 125 Å². The highest BCUT2D eigenvalue weighted by atomic mass is 19.1. The fourth-order valence-electron chi connectivity index (χ4n) is 2.38. The van der Waals surface area contributed by atoms with Gasteiger partial charge in [0.2, 0.25) is 0 Å². The highest BCUT2D eigenvalue weighted by Gasteiger charge is 2.15. The van der Waals surface area contributed by atoms with E-state index >= 15 is 0 Å². The smallest absolute Gasteiger partial charge is 0.127 e. The monoisotopic (exact) mass is 284 g/mol. The van der Waals surface area contributed by atoms with Crippen LogP contribution in [-0.2, 0) is 16.6 Å². The van der Waals surface area contributed by atoms with Gasteiger partial charge in [-0.05, 0) is 40.7 Å². The van der Waals surface area contributed by atoms with Gasteiger partial charge in [-0.2, -0.15) is 0 Å². The number of hydrogen-bond acceptors (Lipinski definition) is 1. The van der Waals surface area contributed by atoms with Crippen molar-refractivity contribution in [3.8, 4) is 0 Å². The summed E-state index contributed by atoms with van der Waals surface area (Å²) >= 11 is 0. The molecule has 0 saturated carbocycles. The van der Waals surface area contributed by atoms with Crippen LogP contribution in [0.4, 0.5) is 4.39 Å². The summed E-state index contributed by atoms with van der Waals surface area (Å²) in [5, 5.41) is 0. The average molecular weight is 284 g/mol. The van der Waals surface area contributed by atoms with Crippen LogP contribution < -0.4 is 0 Å². The Bertz CT molecular complexity index is 608. The normalized spacial score (nSPS) is 13.0. The van der Waals surface area contributed by atoms with Crippen molar-refractivity contribution in [2.24, 2.45) is 0 Å². The van der Waals surface area contributed by atoms with Crippen molar-refractivity contribution in [1.82, 2.24) is 0 Å². The van der Waals surface area contributed by atoms with Gasteiger partial charge in [-0.15, -0.1) is 0 Å². The fraction of sp³-hybridized carbons (Fsp3) is 0.316. The lowest BCUT2D eigenvalue weighted by Gasteiger charge is -2.19. The Kier molecular flexibility index (Phi) is 4.56. The number of carbonyl (C=O) groups excluding carboxylic acids is 1. The van der Waals surface area contributed by atoms with Crippen molar-refractivity contribution < 1.29 is 9.18 Å². The standard InChI is InChI=1S/C19H21FO/c1-19(2,3)17-9-7-14(8-10-17)11-16(13-21)15-5-4-6-18(20)12-15/h4-10,12-13,16H,11H2,1-3H3. The number of carbonyl (C=O) groups is 1. The Morgan fingerprint density at radius 3 is 2.29 bits per heavy atom. The number of benzene rings is 2. The highest BCUT2D eigenvalue weighted by molar-refractivity contribution is 5.63. The minimum atomic E-state index is -0.304. The SMILES string of the molecule is CC(C)(C)c1ccc(CC(C=O)c2cccc(F)c2)cc1. The second kappa shape index (κ2) is 6.21. The minimum Gasteiger partial charge on any atom is -0.303 e. The molecular formula is C19H21FO. The molecule has 0 aromatic heterocycles. The molecule has 2 rings (SSSR count). The van der Waals surface area contributed by atoms with Crippen LogP contribution in [0.1, 0.15) is 43.4 Å². The highest BCUT2D eigenvalue weighted by Crippen LogP contribution is 2.24. The maximum Gasteiger partial charge on any atom is 0.127 e. The molecule has 110 valence electrons. The van der Waals surface area contributed by atoms with Crippen molar-refractivity contribution in [2.75, 3.05) is 0 Å². The first-order chi connectivity index (χ1) is 9.90. The maximum absolute atomic E-state index is 13.3. The van der Waals surface area contributed by atoms with Crippen LogP contribution in [-0.4, -0.2) is 6.29 Å². The Morgan fingerprint density at radius 2 is 1.76 bits per heavy atom. The first-order valence-corrected chi connectivity index (χ1v) is 7.20. The molecule has 2 aromatic carbocycles. The van der Waals surface area contributed by atoms with E-state index in [1.165, 1.54) is 17.7 Å². The van der Waals surface area contributed by atoms with Crippen LogP contribution >= 0.6 is 0 Å². The molecule has 2 heteroatoms. The van der Waals surface area contributed by atoms with Crippen LogP contribution in [0.3, 0.4) is 0 Å². The van der Waals surface area contributed by atoms with Crippen LogP contribution in [0.25, 0.3) is 0 Å². The van der Waals surface area contributed by atoms with Crippen molar-refractivity contribution in [2.45, 2.75) is 38.5 Å². The molecule has 0 bridgehead atoms. The Hall–Kier alpha value is -1.96. The molecule has 0 amide bonds. The molecule has 0 heterocycles. The largest absolute Gasteiger partial charge is 0.303 e. The molecular weight excluding hydrogens is 263 g/mol. The van der Waals surface area contributed by atoms with E-state index in [9.17, 15) is 9.18 Å². The summed E-state index contributed by atoms with van der Waals surface area (Å²) in [5.41, 5.74) is 3.19. The topological polar surface area (TPSA) is 17.1 Å². The zero-order chi connectivity index (χ0) is 15.5. The summed E-state index contributed by atoms with van der Waals surface area (Å²) in [6, 6.07) is 14.6. The zero-order valence-corrected chi connectivity index (χ0v) is 12.8. The van der Waals surface area contributed by atoms with Gasteiger partial charge in [-0.3, -0.25) is 0 Å². The van der Waals surface area contributed by atoms with Gasteiger partial charge >= 0.3 is 0 Å². The van der Waals surface area contributed by atoms with Crippen LogP contribution in [0, 0.1) is 5.82 Å². The zero-order valence-electron chi connectivity index (χ0n) is 12.8. The predicted octanol–water partition coefficient (Wildman–Crippen LogP) is 4.65. The van der Waals surface area contributed by atoms with Crippen molar-refractivity contribution >= 4 is 6.29 Å². The third kappa shape index (κ3) is 4.01. The van der Waals surface area contributed by atoms with E-state index < -0.39 is 0 Å². The molecule has 2 aromatic rings. The Morgan fingerprint density at radius 1 is 1.10 bits per heavy atom. The van der Waals surface area contributed by atoms with E-state index in [1.54, 1.807) is 12.1 Å². The molecule has 1 atom stereocenters. The molecule has 0 aliphatic rings. The van der Waals surface area contributed by atoms with Crippen LogP contribution in [0.5, 0.6) is 0 Å². The third-order valence-electron chi connectivity index (χ3n) is 3.72. The van der Waals surface area contributed by atoms with E-state index in [0.717, 1.165) is 17.4 Å². The molecule has 0 spiro atoms. The number of rotatable bonds is 4. The van der Waals surface area contributed by atoms with Gasteiger partial charge in [0.05, 0.1) is 0 Å². The molecule has 0 N–H and O–H groups in total. The Balaban J connectivity index is 2.17. The minimum absolute atomic E-state index is 0.116. The predicted molar refractivity (Wildman–Crippen MR) is 84.1 cm³/mol. The van der Waals surface area contributed by atoms with Gasteiger partial charge in [-0.25, -0.2) is 4.39 Å². The molecule has 0 radical (unpaired) electrons. The molecule has 0 saturated heterocycles. The lowest BCUT2D eigenvalue weighted by atomic mass is 9.85. The van der Waals surface area contributed by atoms with Crippen LogP contribution in [0.15, 0.2) is 48.5 Å². The quantitative estimate of drug-likeness (QED) is 0.747. The third-order valence-corrected chi connectivity index (χ3v) is 3.72. The summed E-state index contributed by atoms with van der Waals surface area (Å²) in [6.07, 6.45) is 1.49. The molecule has 1 nitrogen and oxygen atoms in total. The van der Waals surface area contributed by atoms with E-state index in [4.69, 9.17) is 0 Å². The number of aldehydes is 1. The van der Waals surface area contributed by atoms with Gasteiger partial charge in [-0.1, -0.05) is 57.2 Å². The molecule has 0 aliphatic carbocycles. The van der Waals surface area contributed by atoms with E-state index in [2.05, 4.69) is 45.0 Å². The molecule has 0 aliphatic heterocycles. The summed E-state index contributed by atoms with van der Waals surface area (Å²) in [4.78, 5) is 11.3. The summed E-state index contributed by atoms with van der Waals surface area (Å²) < 4.78 is 13.3. The van der Waals surface area contributed by atoms with E-state index in [1.807, 2.05) is 0 Å². The summed E-state index contributed by atoms with van der Waals surface area (Å²) in [7, 11) is 0. The first-order valence-electron chi connectivity index (χ1n) is 7.20. The number of halogens is 1. The number of hydrogen-bond donors (Lipinski definition) is 0.